The maximum absolute atomic E-state index is 12.6. The van der Waals surface area contributed by atoms with Crippen LogP contribution in [0.4, 0.5) is 0 Å². The summed E-state index contributed by atoms with van der Waals surface area (Å²) in [6.07, 6.45) is 0.660. The highest BCUT2D eigenvalue weighted by Crippen LogP contribution is 2.20. The van der Waals surface area contributed by atoms with Gasteiger partial charge in [-0.1, -0.05) is 56.3 Å². The molecule has 0 saturated heterocycles. The third kappa shape index (κ3) is 6.03. The molecule has 0 heterocycles. The Bertz CT molecular complexity index is 705. The van der Waals surface area contributed by atoms with Gasteiger partial charge in [-0.15, -0.1) is 0 Å². The summed E-state index contributed by atoms with van der Waals surface area (Å²) in [5, 5.41) is 0. The average Bonchev–Trinajstić information content (AvgIpc) is 2.66. The molecule has 0 unspecified atom stereocenters. The van der Waals surface area contributed by atoms with Gasteiger partial charge in [0.25, 0.3) is 0 Å². The fourth-order valence-electron chi connectivity index (χ4n) is 2.61. The molecule has 0 bridgehead atoms. The van der Waals surface area contributed by atoms with E-state index in [2.05, 4.69) is 0 Å². The highest BCUT2D eigenvalue weighted by atomic mass is 16.5. The van der Waals surface area contributed by atoms with Crippen molar-refractivity contribution in [2.24, 2.45) is 11.8 Å². The molecule has 4 nitrogen and oxygen atoms in total. The zero-order valence-corrected chi connectivity index (χ0v) is 15.6. The first-order valence-corrected chi connectivity index (χ1v) is 8.85. The summed E-state index contributed by atoms with van der Waals surface area (Å²) < 4.78 is 10.6. The average molecular weight is 354 g/mol. The predicted molar refractivity (Wildman–Crippen MR) is 101 cm³/mol. The second-order valence-electron chi connectivity index (χ2n) is 6.67. The van der Waals surface area contributed by atoms with Crippen molar-refractivity contribution in [3.63, 3.8) is 0 Å². The lowest BCUT2D eigenvalue weighted by atomic mass is 9.91. The molecule has 2 rings (SSSR count). The number of ether oxygens (including phenoxy) is 2. The van der Waals surface area contributed by atoms with E-state index in [1.165, 1.54) is 0 Å². The van der Waals surface area contributed by atoms with E-state index < -0.39 is 5.92 Å². The van der Waals surface area contributed by atoms with Gasteiger partial charge in [-0.25, -0.2) is 0 Å². The number of ketones is 1. The fourth-order valence-corrected chi connectivity index (χ4v) is 2.61. The van der Waals surface area contributed by atoms with Crippen LogP contribution >= 0.6 is 0 Å². The molecule has 26 heavy (non-hydrogen) atoms. The third-order valence-corrected chi connectivity index (χ3v) is 4.29. The molecule has 0 N–H and O–H groups in total. The van der Waals surface area contributed by atoms with Crippen molar-refractivity contribution >= 4 is 11.8 Å². The maximum Gasteiger partial charge on any atom is 0.310 e. The number of esters is 1. The van der Waals surface area contributed by atoms with Crippen LogP contribution < -0.4 is 4.74 Å². The Kier molecular flexibility index (Phi) is 7.39. The zero-order chi connectivity index (χ0) is 18.9. The van der Waals surface area contributed by atoms with E-state index in [-0.39, 0.29) is 30.7 Å². The molecule has 0 aliphatic carbocycles. The largest absolute Gasteiger partial charge is 0.497 e. The van der Waals surface area contributed by atoms with E-state index >= 15 is 0 Å². The Morgan fingerprint density at radius 3 is 2.15 bits per heavy atom. The Morgan fingerprint density at radius 1 is 0.923 bits per heavy atom. The minimum atomic E-state index is -0.484. The van der Waals surface area contributed by atoms with Crippen molar-refractivity contribution in [2.75, 3.05) is 7.11 Å². The van der Waals surface area contributed by atoms with Gasteiger partial charge in [-0.2, -0.15) is 0 Å². The quantitative estimate of drug-likeness (QED) is 0.633. The standard InChI is InChI=1S/C22H26O4/c1-16(2)21(23)14-19(13-17-9-11-20(25-3)12-10-17)22(24)26-15-18-7-5-4-6-8-18/h4-12,16,19H,13-15H2,1-3H3/t19-/m1/s1. The van der Waals surface area contributed by atoms with E-state index in [1.54, 1.807) is 7.11 Å². The molecule has 0 radical (unpaired) electrons. The summed E-state index contributed by atoms with van der Waals surface area (Å²) in [5.74, 6) is -0.0913. The molecule has 0 saturated carbocycles. The minimum Gasteiger partial charge on any atom is -0.497 e. The summed E-state index contributed by atoms with van der Waals surface area (Å²) in [6.45, 7) is 3.92. The van der Waals surface area contributed by atoms with Gasteiger partial charge in [0, 0.05) is 12.3 Å². The van der Waals surface area contributed by atoms with E-state index in [0.717, 1.165) is 16.9 Å². The Hall–Kier alpha value is -2.62. The summed E-state index contributed by atoms with van der Waals surface area (Å²) in [7, 11) is 1.61. The second-order valence-corrected chi connectivity index (χ2v) is 6.67. The molecule has 4 heteroatoms. The third-order valence-electron chi connectivity index (χ3n) is 4.29. The topological polar surface area (TPSA) is 52.6 Å². The molecular weight excluding hydrogens is 328 g/mol. The molecule has 0 aliphatic heterocycles. The lowest BCUT2D eigenvalue weighted by Gasteiger charge is -2.17. The molecule has 0 amide bonds. The van der Waals surface area contributed by atoms with Crippen LogP contribution in [0.5, 0.6) is 5.75 Å². The minimum absolute atomic E-state index is 0.0696. The maximum atomic E-state index is 12.6. The van der Waals surface area contributed by atoms with Crippen molar-refractivity contribution in [2.45, 2.75) is 33.3 Å². The number of carbonyl (C=O) groups excluding carboxylic acids is 2. The van der Waals surface area contributed by atoms with Crippen LogP contribution in [0, 0.1) is 11.8 Å². The molecule has 0 spiro atoms. The van der Waals surface area contributed by atoms with E-state index in [1.807, 2.05) is 68.4 Å². The van der Waals surface area contributed by atoms with Gasteiger partial charge in [-0.3, -0.25) is 9.59 Å². The van der Waals surface area contributed by atoms with Crippen LogP contribution in [0.25, 0.3) is 0 Å². The summed E-state index contributed by atoms with van der Waals surface area (Å²) in [4.78, 5) is 24.8. The smallest absolute Gasteiger partial charge is 0.310 e. The normalized spacial score (nSPS) is 11.8. The molecule has 0 aromatic heterocycles. The summed E-state index contributed by atoms with van der Waals surface area (Å²) in [6, 6.07) is 17.1. The first-order valence-electron chi connectivity index (χ1n) is 8.85. The number of hydrogen-bond donors (Lipinski definition) is 0. The number of methoxy groups -OCH3 is 1. The predicted octanol–water partition coefficient (Wildman–Crippen LogP) is 4.21. The Morgan fingerprint density at radius 2 is 1.58 bits per heavy atom. The molecule has 2 aromatic carbocycles. The summed E-state index contributed by atoms with van der Waals surface area (Å²) >= 11 is 0. The monoisotopic (exact) mass is 354 g/mol. The van der Waals surface area contributed by atoms with Crippen molar-refractivity contribution in [3.8, 4) is 5.75 Å². The molecule has 2 aromatic rings. The van der Waals surface area contributed by atoms with Crippen LogP contribution in [0.15, 0.2) is 54.6 Å². The van der Waals surface area contributed by atoms with Gasteiger partial charge in [0.2, 0.25) is 0 Å². The van der Waals surface area contributed by atoms with Gasteiger partial charge in [0.1, 0.15) is 18.1 Å². The van der Waals surface area contributed by atoms with Gasteiger partial charge in [-0.05, 0) is 29.7 Å². The van der Waals surface area contributed by atoms with Crippen LogP contribution in [0.2, 0.25) is 0 Å². The van der Waals surface area contributed by atoms with Gasteiger partial charge >= 0.3 is 5.97 Å². The number of Topliss-reactive ketones (excluding diaryl/α,β-unsaturated/α-hetero) is 1. The van der Waals surface area contributed by atoms with Crippen LogP contribution in [-0.4, -0.2) is 18.9 Å². The molecule has 0 fully saturated rings. The van der Waals surface area contributed by atoms with Crippen LogP contribution in [-0.2, 0) is 27.4 Å². The first-order chi connectivity index (χ1) is 12.5. The van der Waals surface area contributed by atoms with Crippen molar-refractivity contribution < 1.29 is 19.1 Å². The molecule has 138 valence electrons. The first kappa shape index (κ1) is 19.7. The highest BCUT2D eigenvalue weighted by molar-refractivity contribution is 5.85. The highest BCUT2D eigenvalue weighted by Gasteiger charge is 2.25. The van der Waals surface area contributed by atoms with Gasteiger partial charge in [0.15, 0.2) is 0 Å². The summed E-state index contributed by atoms with van der Waals surface area (Å²) in [5.41, 5.74) is 1.91. The van der Waals surface area contributed by atoms with Crippen molar-refractivity contribution in [1.82, 2.24) is 0 Å². The van der Waals surface area contributed by atoms with Gasteiger partial charge < -0.3 is 9.47 Å². The Labute approximate surface area is 155 Å². The molecule has 1 atom stereocenters. The fraction of sp³-hybridized carbons (Fsp3) is 0.364. The number of carbonyl (C=O) groups is 2. The van der Waals surface area contributed by atoms with Crippen molar-refractivity contribution in [3.05, 3.63) is 65.7 Å². The van der Waals surface area contributed by atoms with Crippen LogP contribution in [0.3, 0.4) is 0 Å². The number of benzene rings is 2. The van der Waals surface area contributed by atoms with E-state index in [0.29, 0.717) is 6.42 Å². The Balaban J connectivity index is 2.05. The molecular formula is C22H26O4. The van der Waals surface area contributed by atoms with Crippen LogP contribution in [0.1, 0.15) is 31.4 Å². The van der Waals surface area contributed by atoms with Crippen molar-refractivity contribution in [1.29, 1.82) is 0 Å². The number of rotatable bonds is 9. The second kappa shape index (κ2) is 9.76. The van der Waals surface area contributed by atoms with E-state index in [4.69, 9.17) is 9.47 Å². The van der Waals surface area contributed by atoms with E-state index in [9.17, 15) is 9.59 Å². The van der Waals surface area contributed by atoms with Gasteiger partial charge in [0.05, 0.1) is 13.0 Å². The lowest BCUT2D eigenvalue weighted by Crippen LogP contribution is -2.25. The lowest BCUT2D eigenvalue weighted by molar-refractivity contribution is -0.151. The zero-order valence-electron chi connectivity index (χ0n) is 15.6. The number of hydrogen-bond acceptors (Lipinski definition) is 4. The SMILES string of the molecule is COc1ccc(C[C@H](CC(=O)C(C)C)C(=O)OCc2ccccc2)cc1. The molecule has 0 aliphatic rings.